The van der Waals surface area contributed by atoms with E-state index in [1.54, 1.807) is 37.4 Å². The third-order valence-electron chi connectivity index (χ3n) is 4.18. The van der Waals surface area contributed by atoms with Gasteiger partial charge < -0.3 is 10.3 Å². The van der Waals surface area contributed by atoms with E-state index in [2.05, 4.69) is 15.4 Å². The van der Waals surface area contributed by atoms with Crippen molar-refractivity contribution in [1.29, 1.82) is 0 Å². The van der Waals surface area contributed by atoms with E-state index in [9.17, 15) is 14.4 Å². The van der Waals surface area contributed by atoms with Crippen molar-refractivity contribution in [2.75, 3.05) is 5.32 Å². The number of benzene rings is 1. The second-order valence-corrected chi connectivity index (χ2v) is 6.18. The number of rotatable bonds is 6. The maximum absolute atomic E-state index is 12.7. The molecule has 0 spiro atoms. The zero-order valence-electron chi connectivity index (χ0n) is 15.2. The minimum Gasteiger partial charge on any atom is -0.319 e. The van der Waals surface area contributed by atoms with E-state index < -0.39 is 5.91 Å². The number of carbonyl (C=O) groups excluding carboxylic acids is 1. The van der Waals surface area contributed by atoms with Crippen LogP contribution >= 0.6 is 0 Å². The van der Waals surface area contributed by atoms with Gasteiger partial charge in [0, 0.05) is 24.5 Å². The molecular formula is C19H21N5O3. The molecule has 0 aliphatic rings. The predicted molar refractivity (Wildman–Crippen MR) is 102 cm³/mol. The Bertz CT molecular complexity index is 1080. The number of unbranched alkanes of at least 4 members (excludes halogenated alkanes) is 1. The summed E-state index contributed by atoms with van der Waals surface area (Å²) in [6, 6.07) is 9.74. The van der Waals surface area contributed by atoms with Crippen LogP contribution in [0.4, 0.5) is 5.69 Å². The van der Waals surface area contributed by atoms with E-state index in [1.165, 1.54) is 21.4 Å². The highest BCUT2D eigenvalue weighted by Gasteiger charge is 2.14. The molecule has 0 atom stereocenters. The maximum atomic E-state index is 12.7. The molecule has 8 nitrogen and oxygen atoms in total. The molecule has 140 valence electrons. The number of hydrogen-bond acceptors (Lipinski definition) is 4. The molecule has 0 aliphatic heterocycles. The van der Waals surface area contributed by atoms with Gasteiger partial charge in [0.25, 0.3) is 11.5 Å². The standard InChI is InChI=1S/C19H21N5O3/c1-3-4-11-23-17(25)10-9-15(22-23)18(26)21-14-7-5-6-8-16(14)24-13(2)12-20-19(24)27/h5-10,12H,3-4,11H2,1-2H3,(H,20,27)(H,21,26). The number of aromatic amines is 1. The van der Waals surface area contributed by atoms with Crippen molar-refractivity contribution < 1.29 is 4.79 Å². The van der Waals surface area contributed by atoms with Crippen molar-refractivity contribution in [3.63, 3.8) is 0 Å². The fraction of sp³-hybridized carbons (Fsp3) is 0.263. The van der Waals surface area contributed by atoms with Gasteiger partial charge in [-0.25, -0.2) is 9.48 Å². The summed E-state index contributed by atoms with van der Waals surface area (Å²) in [4.78, 5) is 39.2. The van der Waals surface area contributed by atoms with Crippen LogP contribution < -0.4 is 16.6 Å². The lowest BCUT2D eigenvalue weighted by atomic mass is 10.2. The molecule has 0 fully saturated rings. The molecule has 3 rings (SSSR count). The third kappa shape index (κ3) is 3.89. The van der Waals surface area contributed by atoms with Gasteiger partial charge in [-0.15, -0.1) is 0 Å². The number of imidazole rings is 1. The number of aromatic nitrogens is 4. The Morgan fingerprint density at radius 2 is 1.96 bits per heavy atom. The van der Waals surface area contributed by atoms with Gasteiger partial charge in [-0.1, -0.05) is 25.5 Å². The summed E-state index contributed by atoms with van der Waals surface area (Å²) in [6.07, 6.45) is 3.32. The van der Waals surface area contributed by atoms with Crippen LogP contribution in [-0.2, 0) is 6.54 Å². The van der Waals surface area contributed by atoms with Crippen LogP contribution in [0.15, 0.2) is 52.2 Å². The second-order valence-electron chi connectivity index (χ2n) is 6.18. The lowest BCUT2D eigenvalue weighted by molar-refractivity contribution is 0.101. The number of nitrogens with zero attached hydrogens (tertiary/aromatic N) is 3. The van der Waals surface area contributed by atoms with Gasteiger partial charge in [0.05, 0.1) is 11.4 Å². The molecule has 2 heterocycles. The van der Waals surface area contributed by atoms with E-state index in [4.69, 9.17) is 0 Å². The minimum atomic E-state index is -0.450. The summed E-state index contributed by atoms with van der Waals surface area (Å²) >= 11 is 0. The Kier molecular flexibility index (Phi) is 5.35. The lowest BCUT2D eigenvalue weighted by Gasteiger charge is -2.12. The highest BCUT2D eigenvalue weighted by Crippen LogP contribution is 2.20. The van der Waals surface area contributed by atoms with Crippen LogP contribution in [0.3, 0.4) is 0 Å². The van der Waals surface area contributed by atoms with Crippen molar-refractivity contribution in [3.8, 4) is 5.69 Å². The minimum absolute atomic E-state index is 0.138. The number of anilines is 1. The number of amides is 1. The fourth-order valence-corrected chi connectivity index (χ4v) is 2.75. The number of H-pyrrole nitrogens is 1. The van der Waals surface area contributed by atoms with E-state index in [0.717, 1.165) is 12.8 Å². The molecule has 1 amide bonds. The van der Waals surface area contributed by atoms with Crippen LogP contribution in [0.5, 0.6) is 0 Å². The highest BCUT2D eigenvalue weighted by molar-refractivity contribution is 6.03. The van der Waals surface area contributed by atoms with Gasteiger partial charge >= 0.3 is 5.69 Å². The van der Waals surface area contributed by atoms with Crippen LogP contribution in [0.2, 0.25) is 0 Å². The number of hydrogen-bond donors (Lipinski definition) is 2. The van der Waals surface area contributed by atoms with Crippen molar-refractivity contribution in [1.82, 2.24) is 19.3 Å². The zero-order chi connectivity index (χ0) is 19.4. The van der Waals surface area contributed by atoms with Crippen LogP contribution in [-0.4, -0.2) is 25.2 Å². The normalized spacial score (nSPS) is 10.7. The summed E-state index contributed by atoms with van der Waals surface area (Å²) in [5.74, 6) is -0.450. The molecule has 0 unspecified atom stereocenters. The van der Waals surface area contributed by atoms with Crippen LogP contribution in [0.25, 0.3) is 5.69 Å². The van der Waals surface area contributed by atoms with Gasteiger partial charge in [0.2, 0.25) is 0 Å². The molecule has 27 heavy (non-hydrogen) atoms. The Morgan fingerprint density at radius 3 is 2.67 bits per heavy atom. The smallest absolute Gasteiger partial charge is 0.319 e. The van der Waals surface area contributed by atoms with Crippen molar-refractivity contribution in [3.05, 3.63) is 74.8 Å². The Labute approximate surface area is 155 Å². The molecular weight excluding hydrogens is 346 g/mol. The van der Waals surface area contributed by atoms with Crippen LogP contribution in [0.1, 0.15) is 35.9 Å². The first-order valence-corrected chi connectivity index (χ1v) is 8.77. The molecule has 0 aliphatic carbocycles. The summed E-state index contributed by atoms with van der Waals surface area (Å²) in [5, 5.41) is 6.93. The molecule has 8 heteroatoms. The molecule has 0 radical (unpaired) electrons. The largest absolute Gasteiger partial charge is 0.330 e. The summed E-state index contributed by atoms with van der Waals surface area (Å²) in [5.41, 5.74) is 1.34. The SMILES string of the molecule is CCCCn1nc(C(=O)Nc2ccccc2-n2c(C)c[nH]c2=O)ccc1=O. The van der Waals surface area contributed by atoms with E-state index >= 15 is 0 Å². The first-order chi connectivity index (χ1) is 13.0. The van der Waals surface area contributed by atoms with E-state index in [-0.39, 0.29) is 16.9 Å². The first-order valence-electron chi connectivity index (χ1n) is 8.77. The number of nitrogens with one attached hydrogen (secondary N) is 2. The molecule has 0 bridgehead atoms. The summed E-state index contributed by atoms with van der Waals surface area (Å²) < 4.78 is 2.77. The zero-order valence-corrected chi connectivity index (χ0v) is 15.2. The van der Waals surface area contributed by atoms with Gasteiger partial charge in [0.1, 0.15) is 5.69 Å². The quantitative estimate of drug-likeness (QED) is 0.696. The van der Waals surface area contributed by atoms with Gasteiger partial charge in [0.15, 0.2) is 0 Å². The first kappa shape index (κ1) is 18.4. The van der Waals surface area contributed by atoms with Gasteiger partial charge in [-0.05, 0) is 31.5 Å². The fourth-order valence-electron chi connectivity index (χ4n) is 2.75. The summed E-state index contributed by atoms with van der Waals surface area (Å²) in [7, 11) is 0. The van der Waals surface area contributed by atoms with Crippen LogP contribution in [0, 0.1) is 6.92 Å². The van der Waals surface area contributed by atoms with Gasteiger partial charge in [-0.3, -0.25) is 14.2 Å². The molecule has 1 aromatic carbocycles. The average molecular weight is 367 g/mol. The summed E-state index contributed by atoms with van der Waals surface area (Å²) in [6.45, 7) is 4.27. The highest BCUT2D eigenvalue weighted by atomic mass is 16.2. The lowest BCUT2D eigenvalue weighted by Crippen LogP contribution is -2.26. The Hall–Kier alpha value is -3.42. The third-order valence-corrected chi connectivity index (χ3v) is 4.18. The Morgan fingerprint density at radius 1 is 1.19 bits per heavy atom. The number of aryl methyl sites for hydroxylation is 2. The number of carbonyl (C=O) groups is 1. The molecule has 0 saturated heterocycles. The second kappa shape index (κ2) is 7.86. The van der Waals surface area contributed by atoms with Crippen molar-refractivity contribution >= 4 is 11.6 Å². The number of para-hydroxylation sites is 2. The van der Waals surface area contributed by atoms with Crippen molar-refractivity contribution in [2.45, 2.75) is 33.2 Å². The topological polar surface area (TPSA) is 102 Å². The average Bonchev–Trinajstić information content (AvgIpc) is 3.00. The molecule has 2 N–H and O–H groups in total. The monoisotopic (exact) mass is 367 g/mol. The van der Waals surface area contributed by atoms with Crippen molar-refractivity contribution in [2.24, 2.45) is 0 Å². The maximum Gasteiger partial charge on any atom is 0.330 e. The molecule has 2 aromatic heterocycles. The van der Waals surface area contributed by atoms with E-state index in [0.29, 0.717) is 23.6 Å². The van der Waals surface area contributed by atoms with E-state index in [1.807, 2.05) is 6.92 Å². The Balaban J connectivity index is 1.92. The van der Waals surface area contributed by atoms with Gasteiger partial charge in [-0.2, -0.15) is 5.10 Å². The predicted octanol–water partition coefficient (Wildman–Crippen LogP) is 2.08. The molecule has 0 saturated carbocycles. The molecule has 3 aromatic rings.